The molecule has 1 amide bonds. The minimum Gasteiger partial charge on any atom is -0.550 e. The largest absolute Gasteiger partial charge is 0.550 e. The molecule has 0 aliphatic carbocycles. The summed E-state index contributed by atoms with van der Waals surface area (Å²) in [5.41, 5.74) is 1.04. The van der Waals surface area contributed by atoms with Gasteiger partial charge in [0, 0.05) is 48.8 Å². The van der Waals surface area contributed by atoms with Crippen LogP contribution in [0.2, 0.25) is 5.02 Å². The highest BCUT2D eigenvalue weighted by atomic mass is 35.5. The van der Waals surface area contributed by atoms with Crippen molar-refractivity contribution in [2.24, 2.45) is 11.8 Å². The minimum absolute atomic E-state index is 0.104. The molecule has 7 heteroatoms. The van der Waals surface area contributed by atoms with E-state index in [4.69, 9.17) is 16.3 Å². The molecule has 3 aliphatic rings. The number of benzene rings is 1. The number of amides is 1. The van der Waals surface area contributed by atoms with Gasteiger partial charge < -0.3 is 24.4 Å². The van der Waals surface area contributed by atoms with E-state index in [1.807, 2.05) is 24.3 Å². The molecule has 0 N–H and O–H groups in total. The summed E-state index contributed by atoms with van der Waals surface area (Å²) in [7, 11) is 0. The molecule has 25 heavy (non-hydrogen) atoms. The van der Waals surface area contributed by atoms with Crippen LogP contribution in [0.3, 0.4) is 0 Å². The van der Waals surface area contributed by atoms with Crippen molar-refractivity contribution in [3.63, 3.8) is 0 Å². The number of carboxylic acids is 1. The van der Waals surface area contributed by atoms with Crippen LogP contribution in [0.25, 0.3) is 0 Å². The van der Waals surface area contributed by atoms with Crippen LogP contribution in [0.5, 0.6) is 0 Å². The predicted molar refractivity (Wildman–Crippen MR) is 90.1 cm³/mol. The number of nitrogens with zero attached hydrogens (tertiary/aromatic N) is 2. The normalized spacial score (nSPS) is 31.4. The predicted octanol–water partition coefficient (Wildman–Crippen LogP) is 0.532. The molecule has 0 saturated carbocycles. The molecule has 1 aromatic carbocycles. The molecule has 3 aliphatic heterocycles. The maximum atomic E-state index is 12.9. The summed E-state index contributed by atoms with van der Waals surface area (Å²) in [6.07, 6.45) is 0.825. The third kappa shape index (κ3) is 2.98. The van der Waals surface area contributed by atoms with Crippen molar-refractivity contribution in [3.8, 4) is 0 Å². The van der Waals surface area contributed by atoms with Gasteiger partial charge in [-0.15, -0.1) is 0 Å². The zero-order valence-electron chi connectivity index (χ0n) is 13.8. The lowest BCUT2D eigenvalue weighted by molar-refractivity contribution is -0.314. The Labute approximate surface area is 151 Å². The average Bonchev–Trinajstić information content (AvgIpc) is 3.22. The van der Waals surface area contributed by atoms with Crippen LogP contribution in [-0.2, 0) is 14.3 Å². The standard InChI is InChI=1S/C18H21ClN2O4/c19-11-2-1-3-12(10-11)20-6-8-21(9-7-20)17(22)15-13-4-5-14(25-13)16(15)18(23)24/h1-3,10,13-16H,4-9H2,(H,23,24)/p-1/t13-,14+,15+,16-/m1/s1. The zero-order valence-corrected chi connectivity index (χ0v) is 14.5. The number of fused-ring (bicyclic) bond motifs is 2. The van der Waals surface area contributed by atoms with Crippen LogP contribution >= 0.6 is 11.6 Å². The Balaban J connectivity index is 1.42. The maximum Gasteiger partial charge on any atom is 0.229 e. The lowest BCUT2D eigenvalue weighted by atomic mass is 9.78. The second-order valence-electron chi connectivity index (χ2n) is 6.95. The monoisotopic (exact) mass is 363 g/mol. The first kappa shape index (κ1) is 16.7. The number of carbonyl (C=O) groups is 2. The summed E-state index contributed by atoms with van der Waals surface area (Å²) >= 11 is 6.04. The van der Waals surface area contributed by atoms with Crippen LogP contribution < -0.4 is 10.0 Å². The summed E-state index contributed by atoms with van der Waals surface area (Å²) in [5, 5.41) is 12.2. The molecule has 6 nitrogen and oxygen atoms in total. The van der Waals surface area contributed by atoms with Crippen molar-refractivity contribution in [2.75, 3.05) is 31.1 Å². The van der Waals surface area contributed by atoms with Gasteiger partial charge >= 0.3 is 0 Å². The third-order valence-corrected chi connectivity index (χ3v) is 5.83. The molecule has 0 aromatic heterocycles. The molecule has 0 radical (unpaired) electrons. The van der Waals surface area contributed by atoms with Gasteiger partial charge in [0.2, 0.25) is 5.91 Å². The smallest absolute Gasteiger partial charge is 0.229 e. The Morgan fingerprint density at radius 1 is 1.08 bits per heavy atom. The number of hydrogen-bond donors (Lipinski definition) is 0. The van der Waals surface area contributed by atoms with E-state index in [-0.39, 0.29) is 18.1 Å². The van der Waals surface area contributed by atoms with Gasteiger partial charge in [-0.2, -0.15) is 0 Å². The Morgan fingerprint density at radius 2 is 1.76 bits per heavy atom. The van der Waals surface area contributed by atoms with E-state index in [2.05, 4.69) is 4.90 Å². The van der Waals surface area contributed by atoms with Gasteiger partial charge in [0.05, 0.1) is 18.1 Å². The molecular weight excluding hydrogens is 344 g/mol. The topological polar surface area (TPSA) is 72.9 Å². The molecule has 134 valence electrons. The molecule has 0 unspecified atom stereocenters. The highest BCUT2D eigenvalue weighted by Crippen LogP contribution is 2.44. The second-order valence-corrected chi connectivity index (χ2v) is 7.39. The number of carboxylic acid groups (broad SMARTS) is 1. The first-order valence-corrected chi connectivity index (χ1v) is 9.08. The van der Waals surface area contributed by atoms with Crippen molar-refractivity contribution < 1.29 is 19.4 Å². The molecular formula is C18H20ClN2O4-. The van der Waals surface area contributed by atoms with Gasteiger partial charge in [0.15, 0.2) is 0 Å². The number of piperazine rings is 1. The van der Waals surface area contributed by atoms with Gasteiger partial charge in [-0.05, 0) is 31.0 Å². The van der Waals surface area contributed by atoms with E-state index in [0.29, 0.717) is 37.6 Å². The van der Waals surface area contributed by atoms with Crippen molar-refractivity contribution in [3.05, 3.63) is 29.3 Å². The third-order valence-electron chi connectivity index (χ3n) is 5.60. The molecule has 3 fully saturated rings. The van der Waals surface area contributed by atoms with Crippen molar-refractivity contribution in [2.45, 2.75) is 25.0 Å². The first-order chi connectivity index (χ1) is 12.0. The van der Waals surface area contributed by atoms with Gasteiger partial charge in [0.1, 0.15) is 0 Å². The molecule has 2 bridgehead atoms. The summed E-state index contributed by atoms with van der Waals surface area (Å²) in [6.45, 7) is 2.53. The van der Waals surface area contributed by atoms with E-state index in [9.17, 15) is 14.7 Å². The van der Waals surface area contributed by atoms with E-state index < -0.39 is 17.8 Å². The number of anilines is 1. The van der Waals surface area contributed by atoms with E-state index in [0.717, 1.165) is 12.1 Å². The van der Waals surface area contributed by atoms with E-state index in [1.165, 1.54) is 0 Å². The Kier molecular flexibility index (Phi) is 4.33. The van der Waals surface area contributed by atoms with Crippen LogP contribution in [0.15, 0.2) is 24.3 Å². The molecule has 4 rings (SSSR count). The van der Waals surface area contributed by atoms with Crippen LogP contribution in [0, 0.1) is 11.8 Å². The number of halogens is 1. The van der Waals surface area contributed by atoms with E-state index >= 15 is 0 Å². The summed E-state index contributed by atoms with van der Waals surface area (Å²) in [6, 6.07) is 7.65. The quantitative estimate of drug-likeness (QED) is 0.783. The number of carbonyl (C=O) groups excluding carboxylic acids is 2. The van der Waals surface area contributed by atoms with Crippen LogP contribution in [0.4, 0.5) is 5.69 Å². The number of hydrogen-bond acceptors (Lipinski definition) is 5. The first-order valence-electron chi connectivity index (χ1n) is 8.70. The Bertz CT molecular complexity index is 689. The second kappa shape index (κ2) is 6.50. The van der Waals surface area contributed by atoms with Gasteiger partial charge in [-0.1, -0.05) is 17.7 Å². The molecule has 4 atom stereocenters. The van der Waals surface area contributed by atoms with Crippen LogP contribution in [-0.4, -0.2) is 55.2 Å². The van der Waals surface area contributed by atoms with Crippen LogP contribution in [0.1, 0.15) is 12.8 Å². The minimum atomic E-state index is -1.16. The van der Waals surface area contributed by atoms with Gasteiger partial charge in [0.25, 0.3) is 0 Å². The zero-order chi connectivity index (χ0) is 17.6. The highest BCUT2D eigenvalue weighted by Gasteiger charge is 2.53. The fraction of sp³-hybridized carbons (Fsp3) is 0.556. The number of aliphatic carboxylic acids is 1. The van der Waals surface area contributed by atoms with Crippen molar-refractivity contribution in [1.82, 2.24) is 4.90 Å². The maximum absolute atomic E-state index is 12.9. The van der Waals surface area contributed by atoms with Crippen molar-refractivity contribution >= 4 is 29.2 Å². The Morgan fingerprint density at radius 3 is 2.40 bits per heavy atom. The Hall–Kier alpha value is -1.79. The lowest BCUT2D eigenvalue weighted by Crippen LogP contribution is -2.54. The SMILES string of the molecule is O=C([O-])[C@H]1[C@@H](C(=O)N2CCN(c3cccc(Cl)c3)CC2)[C@H]2CC[C@@H]1O2. The fourth-order valence-electron chi connectivity index (χ4n) is 4.36. The number of ether oxygens (including phenoxy) is 1. The molecule has 3 saturated heterocycles. The lowest BCUT2D eigenvalue weighted by Gasteiger charge is -2.39. The average molecular weight is 364 g/mol. The van der Waals surface area contributed by atoms with Gasteiger partial charge in [-0.3, -0.25) is 4.79 Å². The molecule has 3 heterocycles. The van der Waals surface area contributed by atoms with Crippen molar-refractivity contribution in [1.29, 1.82) is 0 Å². The molecule has 1 aromatic rings. The summed E-state index contributed by atoms with van der Waals surface area (Å²) in [4.78, 5) is 28.3. The molecule has 0 spiro atoms. The fourth-order valence-corrected chi connectivity index (χ4v) is 4.54. The summed E-state index contributed by atoms with van der Waals surface area (Å²) < 4.78 is 5.68. The number of rotatable bonds is 3. The van der Waals surface area contributed by atoms with E-state index in [1.54, 1.807) is 4.90 Å². The van der Waals surface area contributed by atoms with Gasteiger partial charge in [-0.25, -0.2) is 0 Å². The highest BCUT2D eigenvalue weighted by molar-refractivity contribution is 6.30. The summed E-state index contributed by atoms with van der Waals surface area (Å²) in [5.74, 6) is -2.67.